The fraction of sp³-hybridized carbons (Fsp3) is 0.267. The molecule has 1 aliphatic heterocycles. The van der Waals surface area contributed by atoms with Crippen molar-refractivity contribution in [3.05, 3.63) is 201 Å². The molecule has 56 heteroatoms. The third kappa shape index (κ3) is 29.8. The average molecular weight is 2350 g/mol. The molecule has 4 radical (unpaired) electrons. The quantitative estimate of drug-likeness (QED) is 0.0116. The number of carboxylic acids is 1. The Balaban J connectivity index is 0.000000841. The summed E-state index contributed by atoms with van der Waals surface area (Å²) in [4.78, 5) is 147. The van der Waals surface area contributed by atoms with Gasteiger partial charge in [-0.05, 0) is 92.2 Å². The molecule has 0 bridgehead atoms. The van der Waals surface area contributed by atoms with E-state index in [4.69, 9.17) is 53.1 Å². The minimum atomic E-state index is -1.58. The first-order valence-corrected chi connectivity index (χ1v) is 40.5. The van der Waals surface area contributed by atoms with Gasteiger partial charge in [0.15, 0.2) is 52.3 Å². The van der Waals surface area contributed by atoms with Crippen molar-refractivity contribution in [2.45, 2.75) is 101 Å². The fourth-order valence-corrected chi connectivity index (χ4v) is 12.6. The fourth-order valence-electron chi connectivity index (χ4n) is 12.5. The predicted molar refractivity (Wildman–Crippen MR) is 516 cm³/mol. The van der Waals surface area contributed by atoms with E-state index < -0.39 is 53.0 Å². The summed E-state index contributed by atoms with van der Waals surface area (Å²) in [5.41, 5.74) is 7.46. The Labute approximate surface area is 906 Å². The van der Waals surface area contributed by atoms with Crippen LogP contribution in [0.15, 0.2) is 143 Å². The van der Waals surface area contributed by atoms with Gasteiger partial charge in [-0.15, -0.1) is 42.5 Å². The number of carboxylic acid groups (broad SMARTS) is 1. The maximum Gasteiger partial charge on any atom is 2.00 e. The summed E-state index contributed by atoms with van der Waals surface area (Å²) in [7, 11) is 8.10. The summed E-state index contributed by atoms with van der Waals surface area (Å²) in [6, 6.07) is 13.5. The number of rotatable bonds is 22. The number of aromatic nitrogens is 28. The van der Waals surface area contributed by atoms with Crippen LogP contribution in [0.3, 0.4) is 0 Å². The van der Waals surface area contributed by atoms with E-state index in [1.807, 2.05) is 48.7 Å². The molecule has 0 aliphatic carbocycles. The first-order chi connectivity index (χ1) is 65.6. The van der Waals surface area contributed by atoms with E-state index in [0.29, 0.717) is 76.9 Å². The standard InChI is InChI=1S/C16H17N5O5.C14H13N5O5.C12H13N5O2.C12H11N5O2.C12H12N4.C11H8N6O.C4H5ClO3.C3H8.CH4.CH3.BH2.B.2BrH.Mg.Na.U.H/c1-4-26-16(24)13(23)9-5-17-12-11(9)10(25-3)6-18-15(12)21-7-19-14(20-21)8(2)22;1-6(20)12-17-5-19(18-12)13-10-9(8(24-2)4-16-13)7(3-15-10)11(21)14(22)23;2*1-7(18)11-15-6-17(16-11)12-10-8(3-4-13-10)9(19-2)5-14-12;1-2-5-14-10(3-1)12-9-4-6-13-7-11(9)15-8-16-12;1-18-8-5-14-11(10-7(8)2-3-13-10)17-6-15-9(4-12)16-17;1-2-8-4(7)3(5)6;1-3-2;;;;;;;;;;/h5-8,17,22H,4H2,1-3H3;3-6,15,20H,1-2H3,(H,22,23);3-7,13,18H,1-2H3;3-6,13H,1-2H3;1-3,5,8,13H,4,6-7H2;2-3,5-6,13H,1H3;2H2,1H3;3H2,1-2H3;1H4;1H3;1H2;;2*1H;;;;/q;;;;;;;;;-1;;;;;+2;+1;;-1/p-1/i;;;;;;;;;;1T2;;;;;;;. The number of halogens is 3. The van der Waals surface area contributed by atoms with Crippen molar-refractivity contribution < 1.29 is 166 Å². The Morgan fingerprint density at radius 2 is 0.930 bits per heavy atom. The summed E-state index contributed by atoms with van der Waals surface area (Å²) in [6.07, 6.45) is 26.1. The number of hydrogen-bond acceptors (Lipinski definition) is 37. The summed E-state index contributed by atoms with van der Waals surface area (Å²) in [5, 5.41) is 72.4. The molecule has 0 saturated heterocycles. The Morgan fingerprint density at radius 3 is 1.27 bits per heavy atom. The van der Waals surface area contributed by atoms with Crippen LogP contribution in [0.4, 0.5) is 0 Å². The monoisotopic (exact) mass is 2340 g/mol. The molecule has 1 aliphatic rings. The number of nitrogens with zero attached hydrogens (tertiary/aromatic N) is 24. The van der Waals surface area contributed by atoms with Gasteiger partial charge in [-0.25, -0.2) is 88.2 Å². The number of ether oxygens (including phenoxy) is 7. The van der Waals surface area contributed by atoms with Crippen molar-refractivity contribution in [3.63, 3.8) is 0 Å². The van der Waals surface area contributed by atoms with E-state index in [1.165, 1.54) is 120 Å². The Bertz CT molecular complexity index is 7090. The number of nitrogens with one attached hydrogen (secondary N) is 6. The molecule has 18 rings (SSSR count). The summed E-state index contributed by atoms with van der Waals surface area (Å²) >= 11 is 4.69. The number of carbonyl (C=O) groups excluding carboxylic acids is 6. The number of carbonyl (C=O) groups is 7. The molecule has 0 aromatic carbocycles. The van der Waals surface area contributed by atoms with Gasteiger partial charge in [-0.1, -0.05) is 33.8 Å². The number of aliphatic hydroxyl groups excluding tert-OH is 3. The maximum absolute atomic E-state index is 12.4. The largest absolute Gasteiger partial charge is 2.00 e. The molecule has 18 heterocycles. The van der Waals surface area contributed by atoms with Crippen LogP contribution in [-0.4, -0.2) is 297 Å². The van der Waals surface area contributed by atoms with Crippen molar-refractivity contribution in [1.29, 1.82) is 7.93 Å². The first-order valence-electron chi connectivity index (χ1n) is 41.3. The SMILES string of the molecule is Br.C.CCC.CCOC(=O)C(=O)Cl.CCOC(=O)C(=O)c1c[nH]c2c(-n3cnc(C(C)O)n3)ncc(OC)c12.COc1cnc(-n2cnc(C#N)n2)c2[nH]ccc12.COc1cnc(-n2cnc(C(C)=O)n2)c2[nH]ccc12.COc1cnc(-n2cnc(C(C)O)n2)c2[nH]cc(C(=O)C(=O)O)c12.COc1cnc(-n2cnc(C(C)O)n2)c2[nH]ccc12.[3H][B][3H].[B].[Br-].[CH3-].[H-].[Mg+2].[Na+].[U].c1ccc(-c2ncnc3c2CCNC3)nc1. The zero-order valence-corrected chi connectivity index (χ0v) is 90.2. The minimum absolute atomic E-state index is 0. The molecule has 17 aromatic heterocycles. The normalized spacial score (nSPS) is 11.1. The Hall–Kier alpha value is -13.0. The number of hydrogen-bond donors (Lipinski definition) is 10. The van der Waals surface area contributed by atoms with Crippen molar-refractivity contribution in [1.82, 2.24) is 144 Å². The van der Waals surface area contributed by atoms with Crippen molar-refractivity contribution in [2.24, 2.45) is 0 Å². The molecule has 48 nitrogen and oxygen atoms in total. The number of methoxy groups -OCH3 is 5. The number of esters is 2. The number of fused-ring (bicyclic) bond motifs is 6. The van der Waals surface area contributed by atoms with Crippen molar-refractivity contribution >= 4 is 163 Å². The van der Waals surface area contributed by atoms with Gasteiger partial charge in [0.1, 0.15) is 91.1 Å². The molecule has 0 amide bonds. The predicted octanol–water partition coefficient (Wildman–Crippen LogP) is 2.03. The molecule has 0 fully saturated rings. The van der Waals surface area contributed by atoms with Gasteiger partial charge >= 0.3 is 75.8 Å². The molecule has 3 atom stereocenters. The summed E-state index contributed by atoms with van der Waals surface area (Å²) in [6.45, 7) is 15.7. The van der Waals surface area contributed by atoms with Gasteiger partial charge in [0.2, 0.25) is 5.82 Å². The van der Waals surface area contributed by atoms with Gasteiger partial charge in [-0.3, -0.25) is 24.2 Å². The zero-order chi connectivity index (χ0) is 98.4. The maximum atomic E-state index is 12.4. The van der Waals surface area contributed by atoms with E-state index in [2.05, 4.69) is 139 Å². The van der Waals surface area contributed by atoms with E-state index >= 15 is 0 Å². The smallest absolute Gasteiger partial charge is 1.00 e. The number of nitriles is 1. The topological polar surface area (TPSA) is 636 Å². The van der Waals surface area contributed by atoms with Gasteiger partial charge < -0.3 is 110 Å². The van der Waals surface area contributed by atoms with Crippen molar-refractivity contribution in [3.8, 4) is 75.3 Å². The van der Waals surface area contributed by atoms with Crippen LogP contribution in [0, 0.1) is 49.9 Å². The van der Waals surface area contributed by atoms with E-state index in [-0.39, 0.29) is 213 Å². The third-order valence-corrected chi connectivity index (χ3v) is 18.7. The summed E-state index contributed by atoms with van der Waals surface area (Å²) < 4.78 is 53.8. The van der Waals surface area contributed by atoms with Crippen LogP contribution in [0.25, 0.3) is 95.0 Å². The van der Waals surface area contributed by atoms with E-state index in [9.17, 15) is 48.9 Å². The first kappa shape index (κ1) is 121. The van der Waals surface area contributed by atoms with E-state index in [0.717, 1.165) is 69.3 Å². The number of pyridine rings is 6. The molecular weight excluding hydrogens is 2240 g/mol. The Morgan fingerprint density at radius 1 is 0.549 bits per heavy atom. The van der Waals surface area contributed by atoms with Crippen LogP contribution < -0.4 is 75.5 Å². The second kappa shape index (κ2) is 59.7. The molecule has 3 unspecified atom stereocenters. The van der Waals surface area contributed by atoms with Gasteiger partial charge in [0, 0.05) is 112 Å². The summed E-state index contributed by atoms with van der Waals surface area (Å²) in [5.74, 6) is 0.465. The van der Waals surface area contributed by atoms with Crippen LogP contribution in [0.2, 0.25) is 0 Å². The van der Waals surface area contributed by atoms with Crippen LogP contribution in [-0.2, 0) is 41.6 Å². The molecule has 734 valence electrons. The number of aliphatic hydroxyl groups is 3. The van der Waals surface area contributed by atoms with Gasteiger partial charge in [0.05, 0.1) is 155 Å². The zero-order valence-electron chi connectivity index (χ0n) is 81.5. The number of Topliss-reactive ketones (excluding diaryl/α,β-unsaturated/α-hetero) is 3. The van der Waals surface area contributed by atoms with Gasteiger partial charge in [0.25, 0.3) is 17.4 Å². The molecule has 0 spiro atoms. The molecule has 142 heavy (non-hydrogen) atoms. The minimum Gasteiger partial charge on any atom is -1.00 e. The number of aromatic amines is 5. The second-order valence-corrected chi connectivity index (χ2v) is 27.8. The van der Waals surface area contributed by atoms with Crippen LogP contribution in [0.1, 0.15) is 155 Å². The number of aliphatic carboxylic acids is 1. The molecule has 10 N–H and O–H groups in total. The van der Waals surface area contributed by atoms with Crippen molar-refractivity contribution in [2.75, 3.05) is 55.3 Å². The second-order valence-electron chi connectivity index (χ2n) is 27.5. The van der Waals surface area contributed by atoms with Crippen LogP contribution in [0.5, 0.6) is 28.7 Å². The third-order valence-electron chi connectivity index (χ3n) is 18.5. The molecular formula is C86H98B2Br2ClMgN30NaO18U. The molecule has 0 saturated carbocycles. The van der Waals surface area contributed by atoms with Crippen LogP contribution >= 0.6 is 28.6 Å². The number of ketones is 3. The molecule has 17 aromatic rings. The van der Waals surface area contributed by atoms with E-state index in [1.54, 1.807) is 92.5 Å². The number of H-pyrrole nitrogens is 5. The van der Waals surface area contributed by atoms with Gasteiger partial charge in [-0.2, -0.15) is 14.6 Å². The average Bonchev–Trinajstić information content (AvgIpc) is 1.62. The Kier molecular flexibility index (Phi) is 51.0.